The Kier molecular flexibility index (Phi) is 4.81. The lowest BCUT2D eigenvalue weighted by molar-refractivity contribution is 0.701. The maximum atomic E-state index is 5.87. The van der Waals surface area contributed by atoms with Crippen LogP contribution in [-0.4, -0.2) is 12.6 Å². The van der Waals surface area contributed by atoms with Gasteiger partial charge in [-0.3, -0.25) is 0 Å². The number of nitrogens with two attached hydrogens (primary N) is 1. The number of benzene rings is 1. The first-order valence-corrected chi connectivity index (χ1v) is 6.58. The van der Waals surface area contributed by atoms with E-state index in [0.29, 0.717) is 6.04 Å². The van der Waals surface area contributed by atoms with E-state index in [-0.39, 0.29) is 6.04 Å². The molecule has 0 saturated heterocycles. The van der Waals surface area contributed by atoms with Crippen LogP contribution in [0.15, 0.2) is 22.7 Å². The Balaban J connectivity index is 3.06. The van der Waals surface area contributed by atoms with Gasteiger partial charge >= 0.3 is 0 Å². The molecule has 0 bridgehead atoms. The lowest BCUT2D eigenvalue weighted by Gasteiger charge is -2.29. The van der Waals surface area contributed by atoms with Gasteiger partial charge in [-0.2, -0.15) is 0 Å². The van der Waals surface area contributed by atoms with Crippen LogP contribution in [0.1, 0.15) is 39.3 Å². The number of anilines is 1. The molecule has 0 fully saturated rings. The lowest BCUT2D eigenvalue weighted by atomic mass is 10.1. The van der Waals surface area contributed by atoms with E-state index in [1.165, 1.54) is 5.69 Å². The molecule has 0 unspecified atom stereocenters. The summed E-state index contributed by atoms with van der Waals surface area (Å²) in [5.41, 5.74) is 8.27. The van der Waals surface area contributed by atoms with Gasteiger partial charge < -0.3 is 10.6 Å². The van der Waals surface area contributed by atoms with Crippen molar-refractivity contribution >= 4 is 21.6 Å². The molecule has 0 aromatic heterocycles. The molecule has 1 rings (SSSR count). The predicted molar refractivity (Wildman–Crippen MR) is 74.9 cm³/mol. The fourth-order valence-electron chi connectivity index (χ4n) is 1.85. The van der Waals surface area contributed by atoms with Crippen LogP contribution in [0.3, 0.4) is 0 Å². The third-order valence-electron chi connectivity index (χ3n) is 2.77. The molecule has 2 nitrogen and oxygen atoms in total. The fraction of sp³-hybridized carbons (Fsp3) is 0.538. The smallest absolute Gasteiger partial charge is 0.0513 e. The molecule has 90 valence electrons. The molecule has 1 aromatic rings. The van der Waals surface area contributed by atoms with E-state index in [2.05, 4.69) is 59.8 Å². The van der Waals surface area contributed by atoms with Gasteiger partial charge in [0.25, 0.3) is 0 Å². The van der Waals surface area contributed by atoms with Gasteiger partial charge in [0.15, 0.2) is 0 Å². The molecule has 0 amide bonds. The molecular formula is C13H21BrN2. The van der Waals surface area contributed by atoms with Gasteiger partial charge in [0, 0.05) is 23.1 Å². The highest BCUT2D eigenvalue weighted by molar-refractivity contribution is 9.10. The summed E-state index contributed by atoms with van der Waals surface area (Å²) < 4.78 is 1.12. The molecule has 0 radical (unpaired) electrons. The van der Waals surface area contributed by atoms with Crippen molar-refractivity contribution in [2.45, 2.75) is 39.8 Å². The molecule has 2 N–H and O–H groups in total. The Morgan fingerprint density at radius 1 is 1.31 bits per heavy atom. The maximum Gasteiger partial charge on any atom is 0.0513 e. The van der Waals surface area contributed by atoms with Gasteiger partial charge in [0.05, 0.1) is 5.69 Å². The Hall–Kier alpha value is -0.540. The number of nitrogens with zero attached hydrogens (tertiary/aromatic N) is 1. The molecule has 1 atom stereocenters. The zero-order valence-electron chi connectivity index (χ0n) is 10.5. The van der Waals surface area contributed by atoms with Gasteiger partial charge in [-0.05, 0) is 61.3 Å². The van der Waals surface area contributed by atoms with E-state index in [4.69, 9.17) is 5.73 Å². The van der Waals surface area contributed by atoms with Crippen LogP contribution in [-0.2, 0) is 0 Å². The summed E-state index contributed by atoms with van der Waals surface area (Å²) >= 11 is 3.63. The highest BCUT2D eigenvalue weighted by Gasteiger charge is 2.12. The summed E-state index contributed by atoms with van der Waals surface area (Å²) in [5.74, 6) is 0. The van der Waals surface area contributed by atoms with Crippen LogP contribution in [0.2, 0.25) is 0 Å². The van der Waals surface area contributed by atoms with Crippen molar-refractivity contribution in [3.63, 3.8) is 0 Å². The average molecular weight is 285 g/mol. The zero-order valence-corrected chi connectivity index (χ0v) is 12.1. The third-order valence-corrected chi connectivity index (χ3v) is 3.41. The minimum Gasteiger partial charge on any atom is -0.368 e. The SMILES string of the molecule is CCN(c1ccc([C@H](C)N)cc1Br)C(C)C. The summed E-state index contributed by atoms with van der Waals surface area (Å²) in [5, 5.41) is 0. The van der Waals surface area contributed by atoms with Gasteiger partial charge in [0.2, 0.25) is 0 Å². The lowest BCUT2D eigenvalue weighted by Crippen LogP contribution is -2.30. The summed E-state index contributed by atoms with van der Waals surface area (Å²) in [7, 11) is 0. The fourth-order valence-corrected chi connectivity index (χ4v) is 2.48. The van der Waals surface area contributed by atoms with Crippen LogP contribution < -0.4 is 10.6 Å². The summed E-state index contributed by atoms with van der Waals surface area (Å²) in [6.45, 7) is 9.59. The van der Waals surface area contributed by atoms with E-state index in [1.807, 2.05) is 6.92 Å². The largest absolute Gasteiger partial charge is 0.368 e. The first kappa shape index (κ1) is 13.5. The molecule has 16 heavy (non-hydrogen) atoms. The molecule has 0 heterocycles. The van der Waals surface area contributed by atoms with Crippen molar-refractivity contribution in [2.75, 3.05) is 11.4 Å². The van der Waals surface area contributed by atoms with Crippen molar-refractivity contribution in [2.24, 2.45) is 5.73 Å². The number of hydrogen-bond donors (Lipinski definition) is 1. The molecule has 3 heteroatoms. The summed E-state index contributed by atoms with van der Waals surface area (Å²) in [4.78, 5) is 2.36. The molecule has 0 spiro atoms. The van der Waals surface area contributed by atoms with E-state index in [0.717, 1.165) is 16.6 Å². The predicted octanol–water partition coefficient (Wildman–Crippen LogP) is 3.70. The minimum absolute atomic E-state index is 0.0828. The van der Waals surface area contributed by atoms with Crippen molar-refractivity contribution in [3.8, 4) is 0 Å². The van der Waals surface area contributed by atoms with Gasteiger partial charge in [-0.1, -0.05) is 6.07 Å². The standard InChI is InChI=1S/C13H21BrN2/c1-5-16(9(2)3)13-7-6-11(10(4)15)8-12(13)14/h6-10H,5,15H2,1-4H3/t10-/m0/s1. The number of rotatable bonds is 4. The molecule has 0 aliphatic rings. The molecule has 0 aliphatic heterocycles. The second-order valence-corrected chi connectivity index (χ2v) is 5.23. The van der Waals surface area contributed by atoms with Gasteiger partial charge in [-0.15, -0.1) is 0 Å². The normalized spacial score (nSPS) is 12.9. The first-order chi connectivity index (χ1) is 7.47. The second kappa shape index (κ2) is 5.69. The van der Waals surface area contributed by atoms with Gasteiger partial charge in [-0.25, -0.2) is 0 Å². The number of halogens is 1. The Morgan fingerprint density at radius 3 is 2.31 bits per heavy atom. The van der Waals surface area contributed by atoms with Crippen LogP contribution in [0.4, 0.5) is 5.69 Å². The number of hydrogen-bond acceptors (Lipinski definition) is 2. The summed E-state index contributed by atoms with van der Waals surface area (Å²) in [6, 6.07) is 6.95. The van der Waals surface area contributed by atoms with Crippen molar-refractivity contribution in [1.29, 1.82) is 0 Å². The highest BCUT2D eigenvalue weighted by Crippen LogP contribution is 2.30. The van der Waals surface area contributed by atoms with E-state index in [1.54, 1.807) is 0 Å². The Labute approximate surface area is 107 Å². The maximum absolute atomic E-state index is 5.87. The van der Waals surface area contributed by atoms with Crippen LogP contribution in [0.25, 0.3) is 0 Å². The average Bonchev–Trinajstić information content (AvgIpc) is 2.20. The van der Waals surface area contributed by atoms with Crippen molar-refractivity contribution in [3.05, 3.63) is 28.2 Å². The highest BCUT2D eigenvalue weighted by atomic mass is 79.9. The monoisotopic (exact) mass is 284 g/mol. The molecule has 0 aliphatic carbocycles. The van der Waals surface area contributed by atoms with Crippen LogP contribution in [0.5, 0.6) is 0 Å². The zero-order chi connectivity index (χ0) is 12.3. The van der Waals surface area contributed by atoms with Gasteiger partial charge in [0.1, 0.15) is 0 Å². The van der Waals surface area contributed by atoms with Crippen LogP contribution >= 0.6 is 15.9 Å². The van der Waals surface area contributed by atoms with Crippen molar-refractivity contribution < 1.29 is 0 Å². The third kappa shape index (κ3) is 2.98. The Morgan fingerprint density at radius 2 is 1.94 bits per heavy atom. The molecular weight excluding hydrogens is 264 g/mol. The second-order valence-electron chi connectivity index (χ2n) is 4.38. The van der Waals surface area contributed by atoms with E-state index < -0.39 is 0 Å². The van der Waals surface area contributed by atoms with Crippen LogP contribution in [0, 0.1) is 0 Å². The molecule has 1 aromatic carbocycles. The first-order valence-electron chi connectivity index (χ1n) is 5.79. The quantitative estimate of drug-likeness (QED) is 0.914. The Bertz CT molecular complexity index is 348. The van der Waals surface area contributed by atoms with E-state index in [9.17, 15) is 0 Å². The van der Waals surface area contributed by atoms with E-state index >= 15 is 0 Å². The summed E-state index contributed by atoms with van der Waals surface area (Å²) in [6.07, 6.45) is 0. The minimum atomic E-state index is 0.0828. The van der Waals surface area contributed by atoms with Crippen molar-refractivity contribution in [1.82, 2.24) is 0 Å². The molecule has 0 saturated carbocycles. The topological polar surface area (TPSA) is 29.3 Å².